The van der Waals surface area contributed by atoms with Crippen molar-refractivity contribution < 1.29 is 9.63 Å². The molecule has 0 spiro atoms. The normalized spacial score (nSPS) is 24.4. The molecule has 1 atom stereocenters. The van der Waals surface area contributed by atoms with Gasteiger partial charge in [0.25, 0.3) is 0 Å². The van der Waals surface area contributed by atoms with E-state index in [0.29, 0.717) is 17.4 Å². The lowest BCUT2D eigenvalue weighted by Crippen LogP contribution is -2.50. The number of hydrogen-bond donors (Lipinski definition) is 1. The Morgan fingerprint density at radius 3 is 2.72 bits per heavy atom. The van der Waals surface area contributed by atoms with E-state index < -0.39 is 11.8 Å². The van der Waals surface area contributed by atoms with Gasteiger partial charge >= 0.3 is 6.09 Å². The highest BCUT2D eigenvalue weighted by atomic mass is 35.5. The van der Waals surface area contributed by atoms with Gasteiger partial charge in [0.05, 0.1) is 6.54 Å². The maximum atomic E-state index is 12.5. The number of anilines is 1. The third kappa shape index (κ3) is 2.22. The number of nitrogens with one attached hydrogen (secondary N) is 1. The Morgan fingerprint density at radius 1 is 1.24 bits per heavy atom. The fourth-order valence-electron chi connectivity index (χ4n) is 3.52. The van der Waals surface area contributed by atoms with Gasteiger partial charge in [-0.05, 0) is 18.2 Å². The Balaban J connectivity index is 2.08. The van der Waals surface area contributed by atoms with Gasteiger partial charge in [0.2, 0.25) is 0 Å². The predicted molar refractivity (Wildman–Crippen MR) is 96.6 cm³/mol. The van der Waals surface area contributed by atoms with E-state index in [2.05, 4.69) is 10.3 Å². The van der Waals surface area contributed by atoms with Crippen LogP contribution in [-0.2, 0) is 10.5 Å². The maximum absolute atomic E-state index is 12.5. The molecule has 2 aliphatic heterocycles. The molecular weight excluding hydrogens is 340 g/mol. The van der Waals surface area contributed by atoms with E-state index >= 15 is 0 Å². The Hall–Kier alpha value is -2.57. The van der Waals surface area contributed by atoms with Crippen molar-refractivity contribution in [2.45, 2.75) is 5.66 Å². The predicted octanol–water partition coefficient (Wildman–Crippen LogP) is 3.29. The Kier molecular flexibility index (Phi) is 3.67. The fourth-order valence-corrected chi connectivity index (χ4v) is 3.69. The number of carbonyl (C=O) groups is 1. The summed E-state index contributed by atoms with van der Waals surface area (Å²) in [5, 5.41) is 5.57. The van der Waals surface area contributed by atoms with Crippen molar-refractivity contribution in [3.63, 3.8) is 0 Å². The van der Waals surface area contributed by atoms with Gasteiger partial charge < -0.3 is 10.2 Å². The molecule has 2 heterocycles. The standard InChI is InChI=1S/C18H17ClN4O2/c1-20-16-11-23-18(22(2)17(24)25-23,12-6-4-3-5-7-12)14-10-13(19)8-9-15(14)21-16/h3-10H,11H2,1-2H3,(H,20,21)/t18-/m1/s1. The number of aliphatic imine (C=N–C) groups is 1. The Labute approximate surface area is 150 Å². The van der Waals surface area contributed by atoms with Crippen LogP contribution in [-0.4, -0.2) is 42.5 Å². The first kappa shape index (κ1) is 15.9. The van der Waals surface area contributed by atoms with Gasteiger partial charge in [-0.2, -0.15) is 0 Å². The highest BCUT2D eigenvalue weighted by molar-refractivity contribution is 6.30. The number of amides is 1. The van der Waals surface area contributed by atoms with Gasteiger partial charge in [0, 0.05) is 35.9 Å². The summed E-state index contributed by atoms with van der Waals surface area (Å²) < 4.78 is 0. The zero-order valence-electron chi connectivity index (χ0n) is 13.9. The quantitative estimate of drug-likeness (QED) is 0.851. The lowest BCUT2D eigenvalue weighted by atomic mass is 9.88. The number of benzene rings is 2. The van der Waals surface area contributed by atoms with Crippen LogP contribution in [0.25, 0.3) is 0 Å². The minimum atomic E-state index is -0.933. The molecule has 25 heavy (non-hydrogen) atoms. The highest BCUT2D eigenvalue weighted by Crippen LogP contribution is 2.47. The molecular formula is C18H17ClN4O2. The van der Waals surface area contributed by atoms with Gasteiger partial charge in [-0.3, -0.25) is 9.89 Å². The average molecular weight is 357 g/mol. The number of halogens is 1. The molecule has 6 nitrogen and oxygen atoms in total. The van der Waals surface area contributed by atoms with E-state index in [4.69, 9.17) is 16.4 Å². The van der Waals surface area contributed by atoms with Crippen LogP contribution in [0.2, 0.25) is 5.02 Å². The Morgan fingerprint density at radius 2 is 2.00 bits per heavy atom. The number of hydrogen-bond acceptors (Lipinski definition) is 4. The molecule has 1 saturated heterocycles. The monoisotopic (exact) mass is 356 g/mol. The van der Waals surface area contributed by atoms with Crippen molar-refractivity contribution in [2.24, 2.45) is 4.99 Å². The molecule has 1 fully saturated rings. The summed E-state index contributed by atoms with van der Waals surface area (Å²) in [4.78, 5) is 24.0. The van der Waals surface area contributed by atoms with Crippen molar-refractivity contribution in [3.05, 3.63) is 64.7 Å². The molecule has 4 rings (SSSR count). The SMILES string of the molecule is CN=C1CN2OC(=O)N(C)[C@@]2(c2ccccc2)c2cc(Cl)ccc2N1. The first-order chi connectivity index (χ1) is 12.1. The van der Waals surface area contributed by atoms with Crippen LogP contribution in [0, 0.1) is 0 Å². The maximum Gasteiger partial charge on any atom is 0.430 e. The largest absolute Gasteiger partial charge is 0.430 e. The number of hydroxylamine groups is 2. The van der Waals surface area contributed by atoms with Crippen molar-refractivity contribution >= 4 is 29.2 Å². The van der Waals surface area contributed by atoms with E-state index in [0.717, 1.165) is 16.8 Å². The summed E-state index contributed by atoms with van der Waals surface area (Å²) >= 11 is 6.30. The molecule has 0 saturated carbocycles. The van der Waals surface area contributed by atoms with Gasteiger partial charge in [-0.25, -0.2) is 4.79 Å². The van der Waals surface area contributed by atoms with E-state index in [1.807, 2.05) is 48.5 Å². The molecule has 128 valence electrons. The second-order valence-electron chi connectivity index (χ2n) is 5.98. The van der Waals surface area contributed by atoms with Crippen LogP contribution in [0.1, 0.15) is 11.1 Å². The fraction of sp³-hybridized carbons (Fsp3) is 0.222. The van der Waals surface area contributed by atoms with E-state index in [1.54, 1.807) is 24.1 Å². The van der Waals surface area contributed by atoms with Crippen LogP contribution in [0.15, 0.2) is 53.5 Å². The van der Waals surface area contributed by atoms with Gasteiger partial charge in [0.15, 0.2) is 5.66 Å². The van der Waals surface area contributed by atoms with Gasteiger partial charge in [-0.1, -0.05) is 47.0 Å². The number of fused-ring (bicyclic) bond motifs is 3. The number of amidine groups is 1. The lowest BCUT2D eigenvalue weighted by Gasteiger charge is -2.38. The third-order valence-electron chi connectivity index (χ3n) is 4.68. The molecule has 0 bridgehead atoms. The molecule has 0 radical (unpaired) electrons. The molecule has 2 aromatic carbocycles. The van der Waals surface area contributed by atoms with Crippen molar-refractivity contribution in [3.8, 4) is 0 Å². The van der Waals surface area contributed by atoms with Gasteiger partial charge in [-0.15, -0.1) is 0 Å². The van der Waals surface area contributed by atoms with E-state index in [9.17, 15) is 4.79 Å². The number of rotatable bonds is 1. The molecule has 0 aromatic heterocycles. The summed E-state index contributed by atoms with van der Waals surface area (Å²) in [6.07, 6.45) is -0.424. The smallest absolute Gasteiger partial charge is 0.347 e. The van der Waals surface area contributed by atoms with Crippen LogP contribution in [0.4, 0.5) is 10.5 Å². The topological polar surface area (TPSA) is 57.2 Å². The lowest BCUT2D eigenvalue weighted by molar-refractivity contribution is -0.119. The first-order valence-corrected chi connectivity index (χ1v) is 8.27. The van der Waals surface area contributed by atoms with Gasteiger partial charge in [0.1, 0.15) is 5.84 Å². The number of carbonyl (C=O) groups excluding carboxylic acids is 1. The van der Waals surface area contributed by atoms with Crippen LogP contribution in [0.3, 0.4) is 0 Å². The molecule has 0 aliphatic carbocycles. The zero-order valence-corrected chi connectivity index (χ0v) is 14.6. The average Bonchev–Trinajstić information content (AvgIpc) is 2.79. The third-order valence-corrected chi connectivity index (χ3v) is 4.92. The highest BCUT2D eigenvalue weighted by Gasteiger charge is 2.57. The molecule has 1 amide bonds. The summed E-state index contributed by atoms with van der Waals surface area (Å²) in [6.45, 7) is 0.327. The molecule has 2 aliphatic rings. The van der Waals surface area contributed by atoms with Crippen molar-refractivity contribution in [2.75, 3.05) is 26.0 Å². The number of nitrogens with zero attached hydrogens (tertiary/aromatic N) is 3. The summed E-state index contributed by atoms with van der Waals surface area (Å²) in [7, 11) is 3.43. The summed E-state index contributed by atoms with van der Waals surface area (Å²) in [6, 6.07) is 15.3. The Bertz CT molecular complexity index is 871. The minimum absolute atomic E-state index is 0.327. The summed E-state index contributed by atoms with van der Waals surface area (Å²) in [5.74, 6) is 0.699. The van der Waals surface area contributed by atoms with Crippen molar-refractivity contribution in [1.29, 1.82) is 0 Å². The van der Waals surface area contributed by atoms with E-state index in [-0.39, 0.29) is 0 Å². The second kappa shape index (κ2) is 5.75. The van der Waals surface area contributed by atoms with Crippen molar-refractivity contribution in [1.82, 2.24) is 9.96 Å². The molecule has 1 N–H and O–H groups in total. The molecule has 0 unspecified atom stereocenters. The summed E-state index contributed by atoms with van der Waals surface area (Å²) in [5.41, 5.74) is 1.64. The molecule has 7 heteroatoms. The van der Waals surface area contributed by atoms with Crippen LogP contribution >= 0.6 is 11.6 Å². The zero-order chi connectivity index (χ0) is 17.6. The van der Waals surface area contributed by atoms with E-state index in [1.165, 1.54) is 0 Å². The van der Waals surface area contributed by atoms with Crippen LogP contribution in [0.5, 0.6) is 0 Å². The van der Waals surface area contributed by atoms with Crippen LogP contribution < -0.4 is 5.32 Å². The second-order valence-corrected chi connectivity index (χ2v) is 6.41. The first-order valence-electron chi connectivity index (χ1n) is 7.89. The minimum Gasteiger partial charge on any atom is -0.347 e. The molecule has 2 aromatic rings.